The number of carbonyl (C=O) groups is 2. The number of amides is 1. The molecule has 0 spiro atoms. The van der Waals surface area contributed by atoms with Crippen LogP contribution in [0.1, 0.15) is 26.3 Å². The van der Waals surface area contributed by atoms with Crippen molar-refractivity contribution in [2.45, 2.75) is 6.54 Å². The van der Waals surface area contributed by atoms with Gasteiger partial charge in [0.05, 0.1) is 5.56 Å². The van der Waals surface area contributed by atoms with E-state index < -0.39 is 5.97 Å². The maximum atomic E-state index is 11.9. The van der Waals surface area contributed by atoms with Crippen molar-refractivity contribution in [3.05, 3.63) is 70.2 Å². The maximum absolute atomic E-state index is 11.9. The number of carboxylic acids is 1. The molecule has 0 bridgehead atoms. The van der Waals surface area contributed by atoms with Crippen LogP contribution in [-0.4, -0.2) is 17.0 Å². The predicted molar refractivity (Wildman–Crippen MR) is 76.0 cm³/mol. The topological polar surface area (TPSA) is 66.4 Å². The Kier molecular flexibility index (Phi) is 4.38. The van der Waals surface area contributed by atoms with Gasteiger partial charge in [0.1, 0.15) is 0 Å². The van der Waals surface area contributed by atoms with E-state index in [1.165, 1.54) is 18.2 Å². The highest BCUT2D eigenvalue weighted by Gasteiger charge is 2.09. The Balaban J connectivity index is 2.05. The molecule has 2 rings (SSSR count). The fourth-order valence-electron chi connectivity index (χ4n) is 1.72. The lowest BCUT2D eigenvalue weighted by atomic mass is 10.1. The van der Waals surface area contributed by atoms with Crippen LogP contribution < -0.4 is 5.32 Å². The van der Waals surface area contributed by atoms with E-state index in [1.54, 1.807) is 24.3 Å². The Morgan fingerprint density at radius 3 is 2.45 bits per heavy atom. The van der Waals surface area contributed by atoms with Crippen LogP contribution in [0.3, 0.4) is 0 Å². The van der Waals surface area contributed by atoms with Crippen molar-refractivity contribution >= 4 is 23.5 Å². The average Bonchev–Trinajstić information content (AvgIpc) is 2.45. The number of rotatable bonds is 4. The first-order valence-electron chi connectivity index (χ1n) is 5.92. The standard InChI is InChI=1S/C15H12ClNO3/c16-13-6-1-3-10(7-13)9-17-14(18)11-4-2-5-12(8-11)15(19)20/h1-8H,9H2,(H,17,18)(H,19,20). The molecular weight excluding hydrogens is 278 g/mol. The van der Waals surface area contributed by atoms with Gasteiger partial charge in [-0.25, -0.2) is 4.79 Å². The minimum absolute atomic E-state index is 0.0837. The van der Waals surface area contributed by atoms with Gasteiger partial charge in [-0.2, -0.15) is 0 Å². The van der Waals surface area contributed by atoms with Crippen LogP contribution >= 0.6 is 11.6 Å². The first kappa shape index (κ1) is 14.1. The summed E-state index contributed by atoms with van der Waals surface area (Å²) in [6, 6.07) is 13.1. The lowest BCUT2D eigenvalue weighted by Gasteiger charge is -2.06. The number of halogens is 1. The van der Waals surface area contributed by atoms with Gasteiger partial charge in [0.15, 0.2) is 0 Å². The first-order chi connectivity index (χ1) is 9.56. The van der Waals surface area contributed by atoms with E-state index in [0.717, 1.165) is 5.56 Å². The molecule has 2 aromatic carbocycles. The van der Waals surface area contributed by atoms with Crippen molar-refractivity contribution in [1.29, 1.82) is 0 Å². The highest BCUT2D eigenvalue weighted by molar-refractivity contribution is 6.30. The first-order valence-corrected chi connectivity index (χ1v) is 6.30. The number of benzene rings is 2. The zero-order valence-corrected chi connectivity index (χ0v) is 11.2. The van der Waals surface area contributed by atoms with Crippen molar-refractivity contribution in [3.63, 3.8) is 0 Å². The molecule has 5 heteroatoms. The Morgan fingerprint density at radius 2 is 1.75 bits per heavy atom. The largest absolute Gasteiger partial charge is 0.478 e. The third kappa shape index (κ3) is 3.59. The molecule has 0 saturated heterocycles. The minimum Gasteiger partial charge on any atom is -0.478 e. The van der Waals surface area contributed by atoms with Crippen molar-refractivity contribution in [3.8, 4) is 0 Å². The molecule has 0 saturated carbocycles. The Morgan fingerprint density at radius 1 is 1.05 bits per heavy atom. The molecule has 20 heavy (non-hydrogen) atoms. The van der Waals surface area contributed by atoms with Crippen molar-refractivity contribution in [1.82, 2.24) is 5.32 Å². The molecule has 2 aromatic rings. The Hall–Kier alpha value is -2.33. The van der Waals surface area contributed by atoms with Crippen LogP contribution in [0.4, 0.5) is 0 Å². The summed E-state index contributed by atoms with van der Waals surface area (Å²) in [4.78, 5) is 22.8. The molecule has 0 atom stereocenters. The van der Waals surface area contributed by atoms with E-state index in [1.807, 2.05) is 6.07 Å². The summed E-state index contributed by atoms with van der Waals surface area (Å²) < 4.78 is 0. The second-order valence-electron chi connectivity index (χ2n) is 4.20. The normalized spacial score (nSPS) is 10.1. The molecule has 0 radical (unpaired) electrons. The van der Waals surface area contributed by atoms with Crippen LogP contribution in [-0.2, 0) is 6.54 Å². The molecular formula is C15H12ClNO3. The molecule has 102 valence electrons. The third-order valence-corrected chi connectivity index (χ3v) is 2.95. The number of aromatic carboxylic acids is 1. The summed E-state index contributed by atoms with van der Waals surface area (Å²) in [5, 5.41) is 12.2. The van der Waals surface area contributed by atoms with Gasteiger partial charge in [-0.1, -0.05) is 29.8 Å². The van der Waals surface area contributed by atoms with E-state index >= 15 is 0 Å². The van der Waals surface area contributed by atoms with E-state index in [-0.39, 0.29) is 11.5 Å². The monoisotopic (exact) mass is 289 g/mol. The van der Waals surface area contributed by atoms with Gasteiger partial charge in [0.2, 0.25) is 0 Å². The van der Waals surface area contributed by atoms with Crippen LogP contribution in [0, 0.1) is 0 Å². The number of hydrogen-bond donors (Lipinski definition) is 2. The van der Waals surface area contributed by atoms with Gasteiger partial charge in [-0.05, 0) is 35.9 Å². The molecule has 2 N–H and O–H groups in total. The SMILES string of the molecule is O=C(O)c1cccc(C(=O)NCc2cccc(Cl)c2)c1. The van der Waals surface area contributed by atoms with Crippen molar-refractivity contribution in [2.75, 3.05) is 0 Å². The summed E-state index contributed by atoms with van der Waals surface area (Å²) >= 11 is 5.85. The molecule has 4 nitrogen and oxygen atoms in total. The smallest absolute Gasteiger partial charge is 0.335 e. The van der Waals surface area contributed by atoms with Crippen molar-refractivity contribution in [2.24, 2.45) is 0 Å². The molecule has 0 aliphatic heterocycles. The lowest BCUT2D eigenvalue weighted by molar-refractivity contribution is 0.0697. The summed E-state index contributed by atoms with van der Waals surface area (Å²) in [6.45, 7) is 0.330. The molecule has 0 aliphatic carbocycles. The summed E-state index contributed by atoms with van der Waals surface area (Å²) in [6.07, 6.45) is 0. The molecule has 1 amide bonds. The minimum atomic E-state index is -1.06. The zero-order valence-electron chi connectivity index (χ0n) is 10.5. The summed E-state index contributed by atoms with van der Waals surface area (Å²) in [5.74, 6) is -1.39. The molecule has 0 aromatic heterocycles. The van der Waals surface area contributed by atoms with E-state index in [0.29, 0.717) is 17.1 Å². The molecule has 0 aliphatic rings. The lowest BCUT2D eigenvalue weighted by Crippen LogP contribution is -2.23. The number of nitrogens with one attached hydrogen (secondary N) is 1. The van der Waals surface area contributed by atoms with Crippen LogP contribution in [0.25, 0.3) is 0 Å². The predicted octanol–water partition coefficient (Wildman–Crippen LogP) is 2.97. The van der Waals surface area contributed by atoms with E-state index in [9.17, 15) is 9.59 Å². The van der Waals surface area contributed by atoms with Gasteiger partial charge in [0.25, 0.3) is 5.91 Å². The third-order valence-electron chi connectivity index (χ3n) is 2.71. The van der Waals surface area contributed by atoms with Gasteiger partial charge in [-0.3, -0.25) is 4.79 Å². The quantitative estimate of drug-likeness (QED) is 0.909. The molecule has 0 heterocycles. The van der Waals surface area contributed by atoms with Crippen molar-refractivity contribution < 1.29 is 14.7 Å². The van der Waals surface area contributed by atoms with E-state index in [2.05, 4.69) is 5.32 Å². The van der Waals surface area contributed by atoms with E-state index in [4.69, 9.17) is 16.7 Å². The van der Waals surface area contributed by atoms with Crippen LogP contribution in [0.15, 0.2) is 48.5 Å². The van der Waals surface area contributed by atoms with Gasteiger partial charge in [-0.15, -0.1) is 0 Å². The second kappa shape index (κ2) is 6.21. The highest BCUT2D eigenvalue weighted by atomic mass is 35.5. The number of carbonyl (C=O) groups excluding carboxylic acids is 1. The van der Waals surface area contributed by atoms with Crippen LogP contribution in [0.5, 0.6) is 0 Å². The van der Waals surface area contributed by atoms with Gasteiger partial charge >= 0.3 is 5.97 Å². The van der Waals surface area contributed by atoms with Crippen LogP contribution in [0.2, 0.25) is 5.02 Å². The number of carboxylic acid groups (broad SMARTS) is 1. The zero-order chi connectivity index (χ0) is 14.5. The highest BCUT2D eigenvalue weighted by Crippen LogP contribution is 2.11. The molecule has 0 unspecified atom stereocenters. The maximum Gasteiger partial charge on any atom is 0.335 e. The molecule has 0 fully saturated rings. The number of hydrogen-bond acceptors (Lipinski definition) is 2. The van der Waals surface area contributed by atoms with Gasteiger partial charge in [0, 0.05) is 17.1 Å². The summed E-state index contributed by atoms with van der Waals surface area (Å²) in [5.41, 5.74) is 1.27. The summed E-state index contributed by atoms with van der Waals surface area (Å²) in [7, 11) is 0. The van der Waals surface area contributed by atoms with Gasteiger partial charge < -0.3 is 10.4 Å². The fraction of sp³-hybridized carbons (Fsp3) is 0.0667. The second-order valence-corrected chi connectivity index (χ2v) is 4.63. The fourth-order valence-corrected chi connectivity index (χ4v) is 1.94. The average molecular weight is 290 g/mol. The Labute approximate surface area is 121 Å². The Bertz CT molecular complexity index is 655.